The summed E-state index contributed by atoms with van der Waals surface area (Å²) in [5, 5.41) is 10.9. The van der Waals surface area contributed by atoms with Gasteiger partial charge in [-0.3, -0.25) is 4.79 Å². The molecule has 0 aliphatic heterocycles. The molecule has 0 saturated carbocycles. The summed E-state index contributed by atoms with van der Waals surface area (Å²) in [5.41, 5.74) is 4.14. The topological polar surface area (TPSA) is 92.7 Å². The third-order valence-corrected chi connectivity index (χ3v) is 4.30. The molecule has 1 atom stereocenters. The Hall–Kier alpha value is -3.22. The van der Waals surface area contributed by atoms with E-state index in [0.717, 1.165) is 22.3 Å². The van der Waals surface area contributed by atoms with Gasteiger partial charge in [0.15, 0.2) is 0 Å². The molecular formula is C19H16FNO5. The normalized spacial score (nSPS) is 13.4. The second-order valence-electron chi connectivity index (χ2n) is 5.92. The average molecular weight is 357 g/mol. The number of rotatable bonds is 6. The summed E-state index contributed by atoms with van der Waals surface area (Å²) in [6.07, 6.45) is -1.96. The van der Waals surface area contributed by atoms with Crippen molar-refractivity contribution < 1.29 is 28.6 Å². The van der Waals surface area contributed by atoms with Gasteiger partial charge in [-0.05, 0) is 22.3 Å². The Balaban J connectivity index is 1.71. The molecule has 0 unspecified atom stereocenters. The lowest BCUT2D eigenvalue weighted by Gasteiger charge is -2.16. The molecule has 1 amide bonds. The number of fused-ring (bicyclic) bond motifs is 3. The highest BCUT2D eigenvalue weighted by molar-refractivity contribution is 5.85. The first kappa shape index (κ1) is 17.6. The van der Waals surface area contributed by atoms with Gasteiger partial charge in [-0.1, -0.05) is 48.5 Å². The van der Waals surface area contributed by atoms with Crippen LogP contribution in [-0.4, -0.2) is 35.9 Å². The van der Waals surface area contributed by atoms with Crippen LogP contribution in [0.4, 0.5) is 9.18 Å². The standard InChI is InChI=1S/C19H16FNO5/c20-17(22)9-16(18(23)24)21-19(25)26-10-15-13-7-3-1-5-11(13)12-6-2-4-8-14(12)15/h1-8,15-16H,9-10H2,(H,21,25)(H,23,24)/t16-/m0/s1. The van der Waals surface area contributed by atoms with Gasteiger partial charge in [0.2, 0.25) is 0 Å². The van der Waals surface area contributed by atoms with Gasteiger partial charge in [-0.2, -0.15) is 4.39 Å². The maximum atomic E-state index is 12.4. The van der Waals surface area contributed by atoms with E-state index in [1.165, 1.54) is 0 Å². The maximum Gasteiger partial charge on any atom is 0.407 e. The highest BCUT2D eigenvalue weighted by Crippen LogP contribution is 2.44. The number of halogens is 1. The molecule has 0 saturated heterocycles. The molecule has 134 valence electrons. The van der Waals surface area contributed by atoms with Crippen molar-refractivity contribution in [1.82, 2.24) is 5.32 Å². The molecule has 1 aliphatic rings. The number of carboxylic acid groups (broad SMARTS) is 1. The number of aliphatic carboxylic acids is 1. The quantitative estimate of drug-likeness (QED) is 0.776. The predicted octanol–water partition coefficient (Wildman–Crippen LogP) is 2.86. The zero-order valence-corrected chi connectivity index (χ0v) is 13.6. The second kappa shape index (κ2) is 7.35. The fourth-order valence-corrected chi connectivity index (χ4v) is 3.14. The van der Waals surface area contributed by atoms with Gasteiger partial charge in [0.05, 0.1) is 6.42 Å². The fourth-order valence-electron chi connectivity index (χ4n) is 3.14. The largest absolute Gasteiger partial charge is 0.480 e. The van der Waals surface area contributed by atoms with Crippen LogP contribution in [0, 0.1) is 0 Å². The van der Waals surface area contributed by atoms with E-state index in [-0.39, 0.29) is 12.5 Å². The lowest BCUT2D eigenvalue weighted by molar-refractivity contribution is -0.143. The van der Waals surface area contributed by atoms with E-state index in [1.54, 1.807) is 0 Å². The summed E-state index contributed by atoms with van der Waals surface area (Å²) < 4.78 is 17.6. The highest BCUT2D eigenvalue weighted by Gasteiger charge is 2.30. The molecular weight excluding hydrogens is 341 g/mol. The minimum absolute atomic E-state index is 0.00420. The van der Waals surface area contributed by atoms with Crippen LogP contribution in [0.1, 0.15) is 23.5 Å². The zero-order valence-electron chi connectivity index (χ0n) is 13.6. The van der Waals surface area contributed by atoms with Gasteiger partial charge >= 0.3 is 18.1 Å². The molecule has 0 spiro atoms. The zero-order chi connectivity index (χ0) is 18.7. The van der Waals surface area contributed by atoms with Crippen LogP contribution >= 0.6 is 0 Å². The summed E-state index contributed by atoms with van der Waals surface area (Å²) in [6, 6.07) is 12.0. The number of carbonyl (C=O) groups is 3. The van der Waals surface area contributed by atoms with E-state index in [2.05, 4.69) is 0 Å². The number of carbonyl (C=O) groups excluding carboxylic acids is 2. The van der Waals surface area contributed by atoms with Crippen LogP contribution in [0.25, 0.3) is 11.1 Å². The van der Waals surface area contributed by atoms with Gasteiger partial charge in [0.25, 0.3) is 0 Å². The van der Waals surface area contributed by atoms with Gasteiger partial charge in [0.1, 0.15) is 12.6 Å². The smallest absolute Gasteiger partial charge is 0.407 e. The molecule has 7 heteroatoms. The molecule has 0 bridgehead atoms. The molecule has 2 aromatic carbocycles. The highest BCUT2D eigenvalue weighted by atomic mass is 19.1. The van der Waals surface area contributed by atoms with Crippen molar-refractivity contribution in [3.8, 4) is 11.1 Å². The van der Waals surface area contributed by atoms with Crippen LogP contribution in [-0.2, 0) is 14.3 Å². The Labute approximate surface area is 148 Å². The van der Waals surface area contributed by atoms with Gasteiger partial charge in [0, 0.05) is 5.92 Å². The third kappa shape index (κ3) is 3.56. The molecule has 1 aliphatic carbocycles. The Morgan fingerprint density at radius 2 is 1.58 bits per heavy atom. The molecule has 3 rings (SSSR count). The van der Waals surface area contributed by atoms with Crippen LogP contribution in [0.15, 0.2) is 48.5 Å². The Morgan fingerprint density at radius 3 is 2.08 bits per heavy atom. The van der Waals surface area contributed by atoms with E-state index in [0.29, 0.717) is 0 Å². The van der Waals surface area contributed by atoms with Crippen molar-refractivity contribution in [3.63, 3.8) is 0 Å². The van der Waals surface area contributed by atoms with Crippen LogP contribution in [0.2, 0.25) is 0 Å². The minimum Gasteiger partial charge on any atom is -0.480 e. The van der Waals surface area contributed by atoms with E-state index in [9.17, 15) is 18.8 Å². The Morgan fingerprint density at radius 1 is 1.04 bits per heavy atom. The number of amides is 1. The molecule has 0 aromatic heterocycles. The van der Waals surface area contributed by atoms with Crippen molar-refractivity contribution >= 4 is 18.1 Å². The maximum absolute atomic E-state index is 12.4. The van der Waals surface area contributed by atoms with Crippen LogP contribution in [0.3, 0.4) is 0 Å². The third-order valence-electron chi connectivity index (χ3n) is 4.30. The van der Waals surface area contributed by atoms with Crippen molar-refractivity contribution in [1.29, 1.82) is 0 Å². The number of ether oxygens (including phenoxy) is 1. The number of hydrogen-bond acceptors (Lipinski definition) is 4. The lowest BCUT2D eigenvalue weighted by atomic mass is 9.98. The number of carboxylic acids is 1. The first-order valence-corrected chi connectivity index (χ1v) is 8.00. The van der Waals surface area contributed by atoms with Crippen molar-refractivity contribution in [2.45, 2.75) is 18.4 Å². The predicted molar refractivity (Wildman–Crippen MR) is 90.4 cm³/mol. The average Bonchev–Trinajstić information content (AvgIpc) is 2.93. The number of hydrogen-bond donors (Lipinski definition) is 2. The molecule has 0 fully saturated rings. The van der Waals surface area contributed by atoms with E-state index in [4.69, 9.17) is 9.84 Å². The summed E-state index contributed by atoms with van der Waals surface area (Å²) in [6.45, 7) is -0.00420. The SMILES string of the molecule is O=C(F)C[C@H](NC(=O)OCC1c2ccccc2-c2ccccc21)C(=O)O. The molecule has 26 heavy (non-hydrogen) atoms. The number of alkyl carbamates (subject to hydrolysis) is 1. The summed E-state index contributed by atoms with van der Waals surface area (Å²) >= 11 is 0. The van der Waals surface area contributed by atoms with Crippen LogP contribution < -0.4 is 5.32 Å². The molecule has 0 radical (unpaired) electrons. The minimum atomic E-state index is -1.82. The van der Waals surface area contributed by atoms with Crippen LogP contribution in [0.5, 0.6) is 0 Å². The van der Waals surface area contributed by atoms with Crippen molar-refractivity contribution in [3.05, 3.63) is 59.7 Å². The molecule has 0 heterocycles. The molecule has 6 nitrogen and oxygen atoms in total. The Kier molecular flexibility index (Phi) is 4.97. The van der Waals surface area contributed by atoms with E-state index < -0.39 is 30.6 Å². The van der Waals surface area contributed by atoms with E-state index in [1.807, 2.05) is 53.8 Å². The Bertz CT molecular complexity index is 821. The van der Waals surface area contributed by atoms with E-state index >= 15 is 0 Å². The van der Waals surface area contributed by atoms with Gasteiger partial charge in [-0.15, -0.1) is 0 Å². The van der Waals surface area contributed by atoms with Gasteiger partial charge in [-0.25, -0.2) is 9.59 Å². The second-order valence-corrected chi connectivity index (χ2v) is 5.92. The fraction of sp³-hybridized carbons (Fsp3) is 0.211. The van der Waals surface area contributed by atoms with Crippen molar-refractivity contribution in [2.75, 3.05) is 6.61 Å². The number of benzene rings is 2. The first-order chi connectivity index (χ1) is 12.5. The van der Waals surface area contributed by atoms with Gasteiger partial charge < -0.3 is 15.2 Å². The monoisotopic (exact) mass is 357 g/mol. The summed E-state index contributed by atoms with van der Waals surface area (Å²) in [4.78, 5) is 33.3. The summed E-state index contributed by atoms with van der Waals surface area (Å²) in [7, 11) is 0. The van der Waals surface area contributed by atoms with Crippen molar-refractivity contribution in [2.24, 2.45) is 0 Å². The number of nitrogens with one attached hydrogen (secondary N) is 1. The molecule has 2 aromatic rings. The lowest BCUT2D eigenvalue weighted by Crippen LogP contribution is -2.42. The molecule has 2 N–H and O–H groups in total. The first-order valence-electron chi connectivity index (χ1n) is 8.00. The summed E-state index contributed by atoms with van der Waals surface area (Å²) in [5.74, 6) is -1.69.